The summed E-state index contributed by atoms with van der Waals surface area (Å²) in [6.07, 6.45) is 0.00606. The number of carboxylic acids is 1. The minimum atomic E-state index is -0.962. The zero-order chi connectivity index (χ0) is 21.3. The van der Waals surface area contributed by atoms with Crippen LogP contribution in [0, 0.1) is 5.92 Å². The van der Waals surface area contributed by atoms with E-state index in [1.54, 1.807) is 12.1 Å². The molecule has 2 aromatic rings. The number of piperazine rings is 1. The Balaban J connectivity index is 1.42. The first-order chi connectivity index (χ1) is 14.4. The summed E-state index contributed by atoms with van der Waals surface area (Å²) in [5, 5.41) is 9.66. The van der Waals surface area contributed by atoms with Crippen molar-refractivity contribution in [2.45, 2.75) is 6.42 Å². The van der Waals surface area contributed by atoms with Gasteiger partial charge in [-0.05, 0) is 30.3 Å². The third kappa shape index (κ3) is 3.98. The summed E-state index contributed by atoms with van der Waals surface area (Å²) in [6, 6.07) is 14.6. The molecule has 30 heavy (non-hydrogen) atoms. The molecule has 2 fully saturated rings. The van der Waals surface area contributed by atoms with Crippen molar-refractivity contribution in [3.05, 3.63) is 59.1 Å². The van der Waals surface area contributed by atoms with E-state index in [9.17, 15) is 14.4 Å². The average Bonchev–Trinajstić information content (AvgIpc) is 3.16. The number of hydrogen-bond acceptors (Lipinski definition) is 4. The molecule has 0 unspecified atom stereocenters. The maximum Gasteiger partial charge on any atom is 0.308 e. The van der Waals surface area contributed by atoms with Gasteiger partial charge in [-0.3, -0.25) is 14.4 Å². The van der Waals surface area contributed by atoms with Gasteiger partial charge in [0.25, 0.3) is 5.91 Å². The fourth-order valence-electron chi connectivity index (χ4n) is 3.96. The summed E-state index contributed by atoms with van der Waals surface area (Å²) in [5.74, 6) is -1.83. The smallest absolute Gasteiger partial charge is 0.308 e. The van der Waals surface area contributed by atoms with Crippen LogP contribution in [0.15, 0.2) is 48.5 Å². The Labute approximate surface area is 179 Å². The zero-order valence-corrected chi connectivity index (χ0v) is 17.1. The Bertz CT molecular complexity index is 974. The van der Waals surface area contributed by atoms with Gasteiger partial charge in [-0.15, -0.1) is 0 Å². The molecule has 2 aliphatic heterocycles. The van der Waals surface area contributed by atoms with Crippen LogP contribution >= 0.6 is 11.6 Å². The number of halogens is 1. The van der Waals surface area contributed by atoms with Crippen LogP contribution in [0.3, 0.4) is 0 Å². The Hall–Kier alpha value is -3.06. The molecule has 7 nitrogen and oxygen atoms in total. The molecule has 0 aliphatic carbocycles. The SMILES string of the molecule is O=C(O)[C@H]1CC(=O)N(c2ccc(N3CCN(C(=O)c4ccccc4)CC3)c(Cl)c2)C1. The molecule has 8 heteroatoms. The van der Waals surface area contributed by atoms with Crippen LogP contribution in [0.1, 0.15) is 16.8 Å². The Kier molecular flexibility index (Phi) is 5.63. The molecule has 0 bridgehead atoms. The normalized spacial score (nSPS) is 19.3. The minimum Gasteiger partial charge on any atom is -0.481 e. The number of rotatable bonds is 4. The summed E-state index contributed by atoms with van der Waals surface area (Å²) in [5.41, 5.74) is 2.13. The molecule has 2 heterocycles. The quantitative estimate of drug-likeness (QED) is 0.811. The van der Waals surface area contributed by atoms with E-state index in [4.69, 9.17) is 16.7 Å². The second kappa shape index (κ2) is 8.36. The van der Waals surface area contributed by atoms with Crippen molar-refractivity contribution < 1.29 is 19.5 Å². The number of carboxylic acid groups (broad SMARTS) is 1. The second-order valence-electron chi connectivity index (χ2n) is 7.52. The standard InChI is InChI=1S/C22H22ClN3O4/c23-18-13-17(26-14-16(22(29)30)12-20(26)27)6-7-19(18)24-8-10-25(11-9-24)21(28)15-4-2-1-3-5-15/h1-7,13,16H,8-12,14H2,(H,29,30)/t16-/m0/s1. The molecule has 4 rings (SSSR count). The molecule has 0 spiro atoms. The van der Waals surface area contributed by atoms with Gasteiger partial charge in [-0.25, -0.2) is 0 Å². The van der Waals surface area contributed by atoms with Gasteiger partial charge in [-0.1, -0.05) is 29.8 Å². The number of nitrogens with zero attached hydrogens (tertiary/aromatic N) is 3. The lowest BCUT2D eigenvalue weighted by molar-refractivity contribution is -0.141. The van der Waals surface area contributed by atoms with E-state index in [0.29, 0.717) is 42.5 Å². The van der Waals surface area contributed by atoms with Crippen molar-refractivity contribution in [1.82, 2.24) is 4.90 Å². The van der Waals surface area contributed by atoms with Gasteiger partial charge >= 0.3 is 5.97 Å². The lowest BCUT2D eigenvalue weighted by Crippen LogP contribution is -2.48. The number of amides is 2. The van der Waals surface area contributed by atoms with Crippen molar-refractivity contribution in [1.29, 1.82) is 0 Å². The molecule has 2 amide bonds. The van der Waals surface area contributed by atoms with Gasteiger partial charge in [0.1, 0.15) is 0 Å². The van der Waals surface area contributed by atoms with Crippen LogP contribution in [0.5, 0.6) is 0 Å². The van der Waals surface area contributed by atoms with Gasteiger partial charge in [0.2, 0.25) is 5.91 Å². The highest BCUT2D eigenvalue weighted by Crippen LogP contribution is 2.33. The van der Waals surface area contributed by atoms with Crippen molar-refractivity contribution in [3.63, 3.8) is 0 Å². The number of aliphatic carboxylic acids is 1. The minimum absolute atomic E-state index is 0.00606. The summed E-state index contributed by atoms with van der Waals surface area (Å²) in [7, 11) is 0. The maximum absolute atomic E-state index is 12.6. The molecule has 0 saturated carbocycles. The Morgan fingerprint density at radius 2 is 1.70 bits per heavy atom. The van der Waals surface area contributed by atoms with Gasteiger partial charge < -0.3 is 19.8 Å². The van der Waals surface area contributed by atoms with Gasteiger partial charge in [0.15, 0.2) is 0 Å². The van der Waals surface area contributed by atoms with E-state index in [1.165, 1.54) is 4.90 Å². The zero-order valence-electron chi connectivity index (χ0n) is 16.3. The molecule has 0 radical (unpaired) electrons. The fraction of sp³-hybridized carbons (Fsp3) is 0.318. The summed E-state index contributed by atoms with van der Waals surface area (Å²) < 4.78 is 0. The summed E-state index contributed by atoms with van der Waals surface area (Å²) >= 11 is 6.51. The van der Waals surface area contributed by atoms with Crippen LogP contribution in [0.4, 0.5) is 11.4 Å². The Morgan fingerprint density at radius 1 is 1.00 bits per heavy atom. The molecule has 1 N–H and O–H groups in total. The summed E-state index contributed by atoms with van der Waals surface area (Å²) in [4.78, 5) is 41.4. The highest BCUT2D eigenvalue weighted by Gasteiger charge is 2.35. The third-order valence-corrected chi connectivity index (χ3v) is 5.95. The first kappa shape index (κ1) is 20.2. The van der Waals surface area contributed by atoms with Crippen LogP contribution in [0.2, 0.25) is 5.02 Å². The van der Waals surface area contributed by atoms with Gasteiger partial charge in [0, 0.05) is 50.4 Å². The van der Waals surface area contributed by atoms with Crippen molar-refractivity contribution in [2.75, 3.05) is 42.5 Å². The van der Waals surface area contributed by atoms with Crippen LogP contribution < -0.4 is 9.80 Å². The Morgan fingerprint density at radius 3 is 2.30 bits per heavy atom. The molecular formula is C22H22ClN3O4. The largest absolute Gasteiger partial charge is 0.481 e. The molecule has 2 saturated heterocycles. The predicted molar refractivity (Wildman–Crippen MR) is 114 cm³/mol. The summed E-state index contributed by atoms with van der Waals surface area (Å²) in [6.45, 7) is 2.65. The van der Waals surface area contributed by atoms with Crippen molar-refractivity contribution in [3.8, 4) is 0 Å². The highest BCUT2D eigenvalue weighted by atomic mass is 35.5. The molecule has 0 aromatic heterocycles. The third-order valence-electron chi connectivity index (χ3n) is 5.65. The van der Waals surface area contributed by atoms with Crippen LogP contribution in [-0.4, -0.2) is 60.5 Å². The molecule has 2 aliphatic rings. The number of hydrogen-bond donors (Lipinski definition) is 1. The fourth-order valence-corrected chi connectivity index (χ4v) is 4.25. The topological polar surface area (TPSA) is 81.2 Å². The van der Waals surface area contributed by atoms with E-state index in [0.717, 1.165) is 5.69 Å². The first-order valence-corrected chi connectivity index (χ1v) is 10.2. The van der Waals surface area contributed by atoms with Gasteiger partial charge in [-0.2, -0.15) is 0 Å². The monoisotopic (exact) mass is 427 g/mol. The number of anilines is 2. The second-order valence-corrected chi connectivity index (χ2v) is 7.93. The van der Waals surface area contributed by atoms with Crippen molar-refractivity contribution >= 4 is 40.8 Å². The van der Waals surface area contributed by atoms with Crippen LogP contribution in [-0.2, 0) is 9.59 Å². The molecule has 156 valence electrons. The van der Waals surface area contributed by atoms with E-state index >= 15 is 0 Å². The van der Waals surface area contributed by atoms with E-state index in [2.05, 4.69) is 4.90 Å². The molecule has 1 atom stereocenters. The lowest BCUT2D eigenvalue weighted by atomic mass is 10.1. The number of carbonyl (C=O) groups is 3. The van der Waals surface area contributed by atoms with E-state index < -0.39 is 11.9 Å². The maximum atomic E-state index is 12.6. The molecular weight excluding hydrogens is 406 g/mol. The number of benzene rings is 2. The van der Waals surface area contributed by atoms with E-state index in [-0.39, 0.29) is 24.8 Å². The average molecular weight is 428 g/mol. The van der Waals surface area contributed by atoms with Gasteiger partial charge in [0.05, 0.1) is 16.6 Å². The highest BCUT2D eigenvalue weighted by molar-refractivity contribution is 6.33. The lowest BCUT2D eigenvalue weighted by Gasteiger charge is -2.36. The van der Waals surface area contributed by atoms with Crippen molar-refractivity contribution in [2.24, 2.45) is 5.92 Å². The molecule has 2 aromatic carbocycles. The predicted octanol–water partition coefficient (Wildman–Crippen LogP) is 2.74. The van der Waals surface area contributed by atoms with Crippen LogP contribution in [0.25, 0.3) is 0 Å². The first-order valence-electron chi connectivity index (χ1n) is 9.86. The number of carbonyl (C=O) groups excluding carboxylic acids is 2. The van der Waals surface area contributed by atoms with E-state index in [1.807, 2.05) is 41.3 Å².